The molecule has 0 saturated carbocycles. The van der Waals surface area contributed by atoms with E-state index >= 15 is 0 Å². The zero-order chi connectivity index (χ0) is 15.0. The zero-order valence-electron chi connectivity index (χ0n) is 11.9. The third-order valence-corrected chi connectivity index (χ3v) is 3.91. The lowest BCUT2D eigenvalue weighted by Crippen LogP contribution is -2.64. The lowest BCUT2D eigenvalue weighted by Gasteiger charge is -2.46. The van der Waals surface area contributed by atoms with Gasteiger partial charge in [0.05, 0.1) is 24.2 Å². The summed E-state index contributed by atoms with van der Waals surface area (Å²) < 4.78 is 6.43. The number of carbonyl (C=O) groups is 1. The van der Waals surface area contributed by atoms with Gasteiger partial charge in [0.15, 0.2) is 5.58 Å². The minimum Gasteiger partial charge on any atom is -0.408 e. The molecule has 2 aromatic rings. The molecule has 1 aromatic heterocycles. The number of β-amino-alcohol motifs (C(OH)–C–C–N with tert-alkyl or cyclic N) is 1. The highest BCUT2D eigenvalue weighted by atomic mass is 16.4. The molecule has 0 unspecified atom stereocenters. The summed E-state index contributed by atoms with van der Waals surface area (Å²) >= 11 is 0. The normalized spacial score (nSPS) is 17.0. The predicted molar refractivity (Wildman–Crippen MR) is 76.9 cm³/mol. The van der Waals surface area contributed by atoms with Crippen LogP contribution in [0.3, 0.4) is 0 Å². The smallest absolute Gasteiger partial charge is 0.408 e. The van der Waals surface area contributed by atoms with Crippen LogP contribution >= 0.6 is 0 Å². The summed E-state index contributed by atoms with van der Waals surface area (Å²) in [6, 6.07) is 7.01. The number of hydrogen-bond donors (Lipinski definition) is 1. The fourth-order valence-electron chi connectivity index (χ4n) is 2.86. The van der Waals surface area contributed by atoms with Crippen molar-refractivity contribution >= 4 is 17.0 Å². The van der Waals surface area contributed by atoms with Crippen LogP contribution in [0.5, 0.6) is 0 Å². The van der Waals surface area contributed by atoms with Gasteiger partial charge in [-0.05, 0) is 18.6 Å². The minimum atomic E-state index is -0.756. The van der Waals surface area contributed by atoms with Gasteiger partial charge in [-0.2, -0.15) is 0 Å². The number of fused-ring (bicyclic) bond motifs is 1. The molecule has 0 spiro atoms. The van der Waals surface area contributed by atoms with Crippen molar-refractivity contribution < 1.29 is 14.3 Å². The standard InChI is InChI=1S/C15H18N2O4/c1-2-7-15(20)9-16(10-15)13(18)8-17-11-5-3-4-6-12(11)21-14(17)19/h3-6,20H,2,7-10H2,1H3. The number of hydrogen-bond acceptors (Lipinski definition) is 4. The molecule has 112 valence electrons. The van der Waals surface area contributed by atoms with Gasteiger partial charge >= 0.3 is 5.76 Å². The topological polar surface area (TPSA) is 75.7 Å². The number of rotatable bonds is 4. The van der Waals surface area contributed by atoms with Gasteiger partial charge in [0.25, 0.3) is 0 Å². The largest absolute Gasteiger partial charge is 0.420 e. The van der Waals surface area contributed by atoms with Gasteiger partial charge in [0.2, 0.25) is 5.91 Å². The van der Waals surface area contributed by atoms with Crippen LogP contribution in [0.2, 0.25) is 0 Å². The molecule has 1 saturated heterocycles. The highest BCUT2D eigenvalue weighted by Gasteiger charge is 2.42. The van der Waals surface area contributed by atoms with Gasteiger partial charge in [-0.15, -0.1) is 0 Å². The average molecular weight is 290 g/mol. The van der Waals surface area contributed by atoms with Gasteiger partial charge in [0.1, 0.15) is 6.54 Å². The number of aromatic nitrogens is 1. The summed E-state index contributed by atoms with van der Waals surface area (Å²) in [5.41, 5.74) is 0.329. The second kappa shape index (κ2) is 5.04. The Morgan fingerprint density at radius 2 is 2.10 bits per heavy atom. The SMILES string of the molecule is CCCC1(O)CN(C(=O)Cn2c(=O)oc3ccccc32)C1. The summed E-state index contributed by atoms with van der Waals surface area (Å²) in [5, 5.41) is 10.1. The van der Waals surface area contributed by atoms with Crippen LogP contribution in [0.4, 0.5) is 0 Å². The Balaban J connectivity index is 1.74. The molecule has 21 heavy (non-hydrogen) atoms. The van der Waals surface area contributed by atoms with E-state index in [2.05, 4.69) is 0 Å². The van der Waals surface area contributed by atoms with Crippen LogP contribution in [0.1, 0.15) is 19.8 Å². The quantitative estimate of drug-likeness (QED) is 0.910. The molecule has 1 amide bonds. The Labute approximate surface area is 121 Å². The second-order valence-electron chi connectivity index (χ2n) is 5.65. The maximum Gasteiger partial charge on any atom is 0.420 e. The predicted octanol–water partition coefficient (Wildman–Crippen LogP) is 0.968. The summed E-state index contributed by atoms with van der Waals surface area (Å²) in [5.74, 6) is -0.710. The highest BCUT2D eigenvalue weighted by molar-refractivity contribution is 5.80. The molecule has 1 aromatic carbocycles. The van der Waals surface area contributed by atoms with Crippen LogP contribution in [0.15, 0.2) is 33.5 Å². The van der Waals surface area contributed by atoms with Crippen molar-refractivity contribution in [1.82, 2.24) is 9.47 Å². The summed E-state index contributed by atoms with van der Waals surface area (Å²) in [6.45, 7) is 2.62. The summed E-state index contributed by atoms with van der Waals surface area (Å²) in [6.07, 6.45) is 1.57. The first-order valence-electron chi connectivity index (χ1n) is 7.11. The summed E-state index contributed by atoms with van der Waals surface area (Å²) in [4.78, 5) is 25.6. The molecule has 6 nitrogen and oxygen atoms in total. The van der Waals surface area contributed by atoms with Crippen molar-refractivity contribution in [3.8, 4) is 0 Å². The van der Waals surface area contributed by atoms with E-state index in [1.165, 1.54) is 4.57 Å². The van der Waals surface area contributed by atoms with E-state index in [0.29, 0.717) is 30.6 Å². The minimum absolute atomic E-state index is 0.0575. The molecule has 1 aliphatic rings. The lowest BCUT2D eigenvalue weighted by molar-refractivity contribution is -0.157. The number of carbonyl (C=O) groups excluding carboxylic acids is 1. The van der Waals surface area contributed by atoms with E-state index in [9.17, 15) is 14.7 Å². The van der Waals surface area contributed by atoms with E-state index < -0.39 is 11.4 Å². The summed E-state index contributed by atoms with van der Waals surface area (Å²) in [7, 11) is 0. The van der Waals surface area contributed by atoms with Crippen molar-refractivity contribution in [2.75, 3.05) is 13.1 Å². The maximum atomic E-state index is 12.2. The molecule has 0 atom stereocenters. The molecule has 1 N–H and O–H groups in total. The molecule has 1 fully saturated rings. The fraction of sp³-hybridized carbons (Fsp3) is 0.467. The van der Waals surface area contributed by atoms with Gasteiger partial charge in [-0.25, -0.2) is 4.79 Å². The number of aliphatic hydroxyl groups is 1. The third-order valence-electron chi connectivity index (χ3n) is 3.91. The molecular weight excluding hydrogens is 272 g/mol. The third kappa shape index (κ3) is 2.47. The zero-order valence-corrected chi connectivity index (χ0v) is 11.9. The molecule has 3 rings (SSSR count). The molecule has 0 bridgehead atoms. The molecule has 0 radical (unpaired) electrons. The van der Waals surface area contributed by atoms with E-state index in [-0.39, 0.29) is 12.5 Å². The Bertz CT molecular complexity index is 725. The van der Waals surface area contributed by atoms with Crippen LogP contribution in [0.25, 0.3) is 11.1 Å². The van der Waals surface area contributed by atoms with Crippen LogP contribution < -0.4 is 5.76 Å². The highest BCUT2D eigenvalue weighted by Crippen LogP contribution is 2.26. The van der Waals surface area contributed by atoms with Crippen molar-refractivity contribution in [1.29, 1.82) is 0 Å². The van der Waals surface area contributed by atoms with E-state index in [1.54, 1.807) is 29.2 Å². The number of oxazole rings is 1. The van der Waals surface area contributed by atoms with Gasteiger partial charge in [0, 0.05) is 0 Å². The first-order valence-corrected chi connectivity index (χ1v) is 7.11. The number of benzene rings is 1. The number of para-hydroxylation sites is 2. The van der Waals surface area contributed by atoms with E-state index in [0.717, 1.165) is 6.42 Å². The number of nitrogens with zero attached hydrogens (tertiary/aromatic N) is 2. The van der Waals surface area contributed by atoms with E-state index in [1.807, 2.05) is 6.92 Å². The molecular formula is C15H18N2O4. The Morgan fingerprint density at radius 3 is 2.81 bits per heavy atom. The van der Waals surface area contributed by atoms with Gasteiger partial charge < -0.3 is 14.4 Å². The molecule has 6 heteroatoms. The molecule has 2 heterocycles. The number of amides is 1. The first-order chi connectivity index (χ1) is 10.0. The van der Waals surface area contributed by atoms with Gasteiger partial charge in [-0.3, -0.25) is 9.36 Å². The lowest BCUT2D eigenvalue weighted by atomic mass is 9.89. The van der Waals surface area contributed by atoms with Gasteiger partial charge in [-0.1, -0.05) is 25.5 Å². The van der Waals surface area contributed by atoms with Crippen LogP contribution in [-0.2, 0) is 11.3 Å². The Kier molecular flexibility index (Phi) is 3.33. The average Bonchev–Trinajstić information content (AvgIpc) is 2.73. The second-order valence-corrected chi connectivity index (χ2v) is 5.65. The molecule has 1 aliphatic heterocycles. The fourth-order valence-corrected chi connectivity index (χ4v) is 2.86. The van der Waals surface area contributed by atoms with Crippen molar-refractivity contribution in [2.45, 2.75) is 31.9 Å². The number of likely N-dealkylation sites (tertiary alicyclic amines) is 1. The first kappa shape index (κ1) is 13.9. The van der Waals surface area contributed by atoms with Crippen molar-refractivity contribution in [3.63, 3.8) is 0 Å². The molecule has 0 aliphatic carbocycles. The van der Waals surface area contributed by atoms with Crippen LogP contribution in [-0.4, -0.2) is 39.2 Å². The monoisotopic (exact) mass is 290 g/mol. The van der Waals surface area contributed by atoms with E-state index in [4.69, 9.17) is 4.42 Å². The van der Waals surface area contributed by atoms with Crippen molar-refractivity contribution in [3.05, 3.63) is 34.8 Å². The maximum absolute atomic E-state index is 12.2. The van der Waals surface area contributed by atoms with Crippen LogP contribution in [0, 0.1) is 0 Å². The van der Waals surface area contributed by atoms with Crippen molar-refractivity contribution in [2.24, 2.45) is 0 Å². The Morgan fingerprint density at radius 1 is 1.38 bits per heavy atom. The Hall–Kier alpha value is -2.08.